The first-order valence-corrected chi connectivity index (χ1v) is 13.3. The Morgan fingerprint density at radius 2 is 1.63 bits per heavy atom. The van der Waals surface area contributed by atoms with E-state index in [4.69, 9.17) is 0 Å². The van der Waals surface area contributed by atoms with Gasteiger partial charge in [0.05, 0.1) is 17.8 Å². The average Bonchev–Trinajstić information content (AvgIpc) is 2.84. The molecule has 30 heavy (non-hydrogen) atoms. The molecule has 0 aromatic heterocycles. The third kappa shape index (κ3) is 4.25. The molecule has 0 saturated heterocycles. The zero-order valence-corrected chi connectivity index (χ0v) is 19.9. The molecule has 3 N–H and O–H groups in total. The van der Waals surface area contributed by atoms with Gasteiger partial charge in [0.1, 0.15) is 0 Å². The Bertz CT molecular complexity index is 574. The minimum Gasteiger partial charge on any atom is -0.393 e. The molecular weight excluding hydrogens is 372 g/mol. The molecule has 0 radical (unpaired) electrons. The van der Waals surface area contributed by atoms with E-state index >= 15 is 0 Å². The Hall–Kier alpha value is -0.120. The van der Waals surface area contributed by atoms with Crippen LogP contribution in [0.5, 0.6) is 0 Å². The number of aliphatic hydroxyl groups excluding tert-OH is 2. The van der Waals surface area contributed by atoms with Gasteiger partial charge >= 0.3 is 0 Å². The molecule has 4 fully saturated rings. The largest absolute Gasteiger partial charge is 0.393 e. The molecule has 0 spiro atoms. The Kier molecular flexibility index (Phi) is 6.93. The monoisotopic (exact) mass is 420 g/mol. The normalized spacial score (nSPS) is 48.2. The number of aliphatic hydroxyl groups is 3. The lowest BCUT2D eigenvalue weighted by atomic mass is 9.49. The standard InChI is InChI=1S/C27H48O3/c1-4-5-6-7-13-27(3,30)22-10-8-18-15-19(22)9-11-23-21(18)17-25(29)24-16-20(28)12-14-26(23,24)2/h18-25,28-30H,4-17H2,1-3H3/t18-,19-,20+,21?,22?,23?,24-,25+,26-,27+/m1/s1. The first-order chi connectivity index (χ1) is 14.3. The van der Waals surface area contributed by atoms with E-state index in [-0.39, 0.29) is 23.5 Å². The molecule has 4 saturated carbocycles. The van der Waals surface area contributed by atoms with Gasteiger partial charge in [-0.15, -0.1) is 0 Å². The Balaban J connectivity index is 1.48. The summed E-state index contributed by atoms with van der Waals surface area (Å²) in [5.41, 5.74) is -0.322. The number of unbranched alkanes of at least 4 members (excludes halogenated alkanes) is 3. The smallest absolute Gasteiger partial charge is 0.0650 e. The highest BCUT2D eigenvalue weighted by molar-refractivity contribution is 5.07. The highest BCUT2D eigenvalue weighted by Crippen LogP contribution is 2.62. The zero-order chi connectivity index (χ0) is 21.5. The fraction of sp³-hybridized carbons (Fsp3) is 1.00. The van der Waals surface area contributed by atoms with Crippen LogP contribution in [0.1, 0.15) is 111 Å². The summed E-state index contributed by atoms with van der Waals surface area (Å²) in [6.45, 7) is 6.82. The topological polar surface area (TPSA) is 60.7 Å². The van der Waals surface area contributed by atoms with Crippen LogP contribution in [0.15, 0.2) is 0 Å². The molecule has 0 aliphatic heterocycles. The lowest BCUT2D eigenvalue weighted by Crippen LogP contribution is -2.54. The summed E-state index contributed by atoms with van der Waals surface area (Å²) in [7, 11) is 0. The molecule has 0 amide bonds. The SMILES string of the molecule is CCCCCC[C@](C)(O)C1CC[C@@H]2C[C@H]1CCC1C2C[C@H](O)[C@H]2C[C@@H](O)CC[C@]12C. The van der Waals surface area contributed by atoms with Crippen molar-refractivity contribution in [3.63, 3.8) is 0 Å². The first kappa shape index (κ1) is 23.1. The van der Waals surface area contributed by atoms with Crippen LogP contribution in [-0.2, 0) is 0 Å². The van der Waals surface area contributed by atoms with Crippen molar-refractivity contribution in [2.75, 3.05) is 0 Å². The zero-order valence-electron chi connectivity index (χ0n) is 19.9. The van der Waals surface area contributed by atoms with Crippen LogP contribution in [-0.4, -0.2) is 33.1 Å². The number of rotatable bonds is 6. The van der Waals surface area contributed by atoms with E-state index in [1.165, 1.54) is 51.4 Å². The summed E-state index contributed by atoms with van der Waals surface area (Å²) in [6.07, 6.45) is 15.4. The number of hydrogen-bond acceptors (Lipinski definition) is 3. The molecule has 0 heterocycles. The van der Waals surface area contributed by atoms with Crippen molar-refractivity contribution in [3.05, 3.63) is 0 Å². The van der Waals surface area contributed by atoms with Gasteiger partial charge in [-0.25, -0.2) is 0 Å². The average molecular weight is 421 g/mol. The summed E-state index contributed by atoms with van der Waals surface area (Å²) in [6, 6.07) is 0. The molecule has 174 valence electrons. The van der Waals surface area contributed by atoms with Crippen LogP contribution in [0.4, 0.5) is 0 Å². The van der Waals surface area contributed by atoms with Crippen molar-refractivity contribution in [2.24, 2.45) is 40.9 Å². The van der Waals surface area contributed by atoms with Crippen molar-refractivity contribution in [1.82, 2.24) is 0 Å². The maximum absolute atomic E-state index is 11.4. The third-order valence-electron chi connectivity index (χ3n) is 10.5. The Morgan fingerprint density at radius 3 is 2.40 bits per heavy atom. The van der Waals surface area contributed by atoms with Gasteiger partial charge in [0.15, 0.2) is 0 Å². The second kappa shape index (κ2) is 9.02. The summed E-state index contributed by atoms with van der Waals surface area (Å²) < 4.78 is 0. The van der Waals surface area contributed by atoms with Gasteiger partial charge in [-0.05, 0) is 112 Å². The van der Waals surface area contributed by atoms with Crippen LogP contribution < -0.4 is 0 Å². The molecule has 3 nitrogen and oxygen atoms in total. The fourth-order valence-electron chi connectivity index (χ4n) is 8.88. The minimum absolute atomic E-state index is 0.192. The number of fused-ring (bicyclic) bond motifs is 6. The highest BCUT2D eigenvalue weighted by atomic mass is 16.3. The van der Waals surface area contributed by atoms with Crippen LogP contribution in [0, 0.1) is 40.9 Å². The summed E-state index contributed by atoms with van der Waals surface area (Å²) >= 11 is 0. The summed E-state index contributed by atoms with van der Waals surface area (Å²) in [5, 5.41) is 32.8. The maximum Gasteiger partial charge on any atom is 0.0650 e. The molecule has 4 rings (SSSR count). The van der Waals surface area contributed by atoms with Crippen LogP contribution in [0.2, 0.25) is 0 Å². The van der Waals surface area contributed by atoms with E-state index in [1.54, 1.807) is 0 Å². The van der Waals surface area contributed by atoms with E-state index in [0.717, 1.165) is 44.4 Å². The Morgan fingerprint density at radius 1 is 0.867 bits per heavy atom. The molecule has 3 unspecified atom stereocenters. The lowest BCUT2D eigenvalue weighted by molar-refractivity contribution is -0.143. The maximum atomic E-state index is 11.4. The highest BCUT2D eigenvalue weighted by Gasteiger charge is 2.57. The molecule has 0 aromatic rings. The third-order valence-corrected chi connectivity index (χ3v) is 10.5. The van der Waals surface area contributed by atoms with E-state index in [9.17, 15) is 15.3 Å². The van der Waals surface area contributed by atoms with Gasteiger partial charge in [0.2, 0.25) is 0 Å². The van der Waals surface area contributed by atoms with Gasteiger partial charge < -0.3 is 15.3 Å². The van der Waals surface area contributed by atoms with Gasteiger partial charge in [0.25, 0.3) is 0 Å². The minimum atomic E-state index is -0.514. The second-order valence-corrected chi connectivity index (χ2v) is 12.3. The van der Waals surface area contributed by atoms with Gasteiger partial charge in [0, 0.05) is 0 Å². The van der Waals surface area contributed by atoms with E-state index in [0.29, 0.717) is 23.7 Å². The van der Waals surface area contributed by atoms with E-state index in [1.807, 2.05) is 0 Å². The molecule has 4 aliphatic carbocycles. The van der Waals surface area contributed by atoms with E-state index < -0.39 is 5.60 Å². The summed E-state index contributed by atoms with van der Waals surface area (Å²) in [5.74, 6) is 3.46. The van der Waals surface area contributed by atoms with E-state index in [2.05, 4.69) is 20.8 Å². The van der Waals surface area contributed by atoms with Crippen molar-refractivity contribution < 1.29 is 15.3 Å². The predicted molar refractivity (Wildman–Crippen MR) is 122 cm³/mol. The quantitative estimate of drug-likeness (QED) is 0.483. The number of hydrogen-bond donors (Lipinski definition) is 3. The Labute approximate surface area is 185 Å². The van der Waals surface area contributed by atoms with Crippen LogP contribution in [0.25, 0.3) is 0 Å². The van der Waals surface area contributed by atoms with Crippen molar-refractivity contribution in [1.29, 1.82) is 0 Å². The summed E-state index contributed by atoms with van der Waals surface area (Å²) in [4.78, 5) is 0. The van der Waals surface area contributed by atoms with Crippen molar-refractivity contribution >= 4 is 0 Å². The van der Waals surface area contributed by atoms with Gasteiger partial charge in [-0.1, -0.05) is 39.5 Å². The van der Waals surface area contributed by atoms with Crippen molar-refractivity contribution in [2.45, 2.75) is 128 Å². The fourth-order valence-corrected chi connectivity index (χ4v) is 8.88. The first-order valence-electron chi connectivity index (χ1n) is 13.3. The lowest BCUT2D eigenvalue weighted by Gasteiger charge is -2.57. The van der Waals surface area contributed by atoms with Gasteiger partial charge in [-0.3, -0.25) is 0 Å². The van der Waals surface area contributed by atoms with Crippen LogP contribution in [0.3, 0.4) is 0 Å². The van der Waals surface area contributed by atoms with Gasteiger partial charge in [-0.2, -0.15) is 0 Å². The predicted octanol–water partition coefficient (Wildman–Crippen LogP) is 5.70. The molecule has 4 aliphatic rings. The molecule has 10 atom stereocenters. The molecular formula is C27H48O3. The molecule has 3 heteroatoms. The van der Waals surface area contributed by atoms with Crippen molar-refractivity contribution in [3.8, 4) is 0 Å². The molecule has 0 aromatic carbocycles. The second-order valence-electron chi connectivity index (χ2n) is 12.3. The van der Waals surface area contributed by atoms with Crippen LogP contribution >= 0.6 is 0 Å². The molecule has 2 bridgehead atoms.